The second kappa shape index (κ2) is 11.1. The van der Waals surface area contributed by atoms with Crippen LogP contribution in [-0.4, -0.2) is 71.4 Å². The Labute approximate surface area is 237 Å². The number of urea groups is 1. The van der Waals surface area contributed by atoms with Crippen LogP contribution in [0.15, 0.2) is 48.1 Å². The number of hydrogen-bond donors (Lipinski definition) is 2. The Morgan fingerprint density at radius 2 is 2.05 bits per heavy atom. The average Bonchev–Trinajstić information content (AvgIpc) is 3.33. The van der Waals surface area contributed by atoms with Crippen molar-refractivity contribution in [1.29, 1.82) is 0 Å². The van der Waals surface area contributed by atoms with Gasteiger partial charge in [0, 0.05) is 43.7 Å². The first-order valence-corrected chi connectivity index (χ1v) is 14.6. The molecule has 2 N–H and O–H groups in total. The summed E-state index contributed by atoms with van der Waals surface area (Å²) in [6.45, 7) is 8.04. The zero-order chi connectivity index (χ0) is 27.8. The summed E-state index contributed by atoms with van der Waals surface area (Å²) in [4.78, 5) is 47.0. The van der Waals surface area contributed by atoms with Crippen LogP contribution >= 0.6 is 11.8 Å². The van der Waals surface area contributed by atoms with E-state index >= 15 is 0 Å². The maximum atomic E-state index is 13.6. The number of nitrogens with one attached hydrogen (secondary N) is 2. The summed E-state index contributed by atoms with van der Waals surface area (Å²) in [7, 11) is 0. The fourth-order valence-corrected chi connectivity index (χ4v) is 7.15. The number of likely N-dealkylation sites (tertiary alicyclic amines) is 1. The van der Waals surface area contributed by atoms with Gasteiger partial charge >= 0.3 is 6.03 Å². The van der Waals surface area contributed by atoms with Crippen LogP contribution in [0.3, 0.4) is 0 Å². The minimum absolute atomic E-state index is 0.126. The summed E-state index contributed by atoms with van der Waals surface area (Å²) in [6, 6.07) is 6.65. The van der Waals surface area contributed by atoms with Crippen molar-refractivity contribution < 1.29 is 23.9 Å². The van der Waals surface area contributed by atoms with Crippen molar-refractivity contribution in [2.45, 2.75) is 61.1 Å². The van der Waals surface area contributed by atoms with Crippen molar-refractivity contribution >= 4 is 41.0 Å². The van der Waals surface area contributed by atoms with Gasteiger partial charge in [-0.1, -0.05) is 18.3 Å². The Kier molecular flexibility index (Phi) is 7.41. The molecule has 3 atom stereocenters. The topological polar surface area (TPSA) is 113 Å². The maximum absolute atomic E-state index is 13.6. The third-order valence-electron chi connectivity index (χ3n) is 7.90. The lowest BCUT2D eigenvalue weighted by atomic mass is 9.98. The molecule has 10 nitrogen and oxygen atoms in total. The predicted octanol–water partition coefficient (Wildman–Crippen LogP) is 3.62. The molecule has 0 saturated carbocycles. The van der Waals surface area contributed by atoms with Crippen molar-refractivity contribution in [3.8, 4) is 5.75 Å². The van der Waals surface area contributed by atoms with Gasteiger partial charge in [0.1, 0.15) is 22.1 Å². The smallest absolute Gasteiger partial charge is 0.327 e. The fraction of sp³-hybridized carbons (Fsp3) is 0.448. The van der Waals surface area contributed by atoms with Crippen molar-refractivity contribution in [2.75, 3.05) is 31.2 Å². The van der Waals surface area contributed by atoms with E-state index in [2.05, 4.69) is 22.2 Å². The number of aryl methyl sites for hydroxylation is 1. The molecular formula is C29H33N5O5S. The van der Waals surface area contributed by atoms with Gasteiger partial charge in [-0.05, 0) is 55.7 Å². The van der Waals surface area contributed by atoms with Gasteiger partial charge in [0.25, 0.3) is 0 Å². The molecule has 2 unspecified atom stereocenters. The van der Waals surface area contributed by atoms with Gasteiger partial charge in [0.05, 0.1) is 30.6 Å². The van der Waals surface area contributed by atoms with Crippen LogP contribution in [0.4, 0.5) is 16.2 Å². The Balaban J connectivity index is 1.21. The van der Waals surface area contributed by atoms with Crippen LogP contribution < -0.4 is 20.3 Å². The normalized spacial score (nSPS) is 24.2. The van der Waals surface area contributed by atoms with E-state index in [1.54, 1.807) is 16.0 Å². The van der Waals surface area contributed by atoms with Gasteiger partial charge in [-0.15, -0.1) is 0 Å². The molecule has 210 valence electrons. The first-order chi connectivity index (χ1) is 19.4. The van der Waals surface area contributed by atoms with E-state index in [9.17, 15) is 14.4 Å². The number of thioether (sulfide) groups is 1. The number of benzene rings is 1. The van der Waals surface area contributed by atoms with Crippen LogP contribution in [0.25, 0.3) is 0 Å². The van der Waals surface area contributed by atoms with E-state index in [-0.39, 0.29) is 30.0 Å². The zero-order valence-corrected chi connectivity index (χ0v) is 23.2. The van der Waals surface area contributed by atoms with Crippen LogP contribution in [0, 0.1) is 6.92 Å². The van der Waals surface area contributed by atoms with Crippen LogP contribution in [0.1, 0.15) is 42.9 Å². The minimum atomic E-state index is -0.559. The molecule has 2 aromatic rings. The molecule has 40 heavy (non-hydrogen) atoms. The fourth-order valence-electron chi connectivity index (χ4n) is 5.91. The van der Waals surface area contributed by atoms with E-state index in [4.69, 9.17) is 9.47 Å². The van der Waals surface area contributed by atoms with Crippen LogP contribution in [0.2, 0.25) is 0 Å². The molecule has 0 radical (unpaired) electrons. The molecule has 4 aliphatic rings. The third-order valence-corrected chi connectivity index (χ3v) is 9.19. The molecule has 1 aromatic heterocycles. The molecule has 0 bridgehead atoms. The van der Waals surface area contributed by atoms with E-state index in [0.29, 0.717) is 26.3 Å². The highest BCUT2D eigenvalue weighted by atomic mass is 32.2. The highest BCUT2D eigenvalue weighted by Crippen LogP contribution is 2.51. The molecule has 6 rings (SSSR count). The monoisotopic (exact) mass is 563 g/mol. The largest absolute Gasteiger partial charge is 0.490 e. The Morgan fingerprint density at radius 3 is 2.83 bits per heavy atom. The number of piperidine rings is 1. The quantitative estimate of drug-likeness (QED) is 0.516. The second-order valence-corrected chi connectivity index (χ2v) is 11.7. The summed E-state index contributed by atoms with van der Waals surface area (Å²) in [6.07, 6.45) is 6.43. The molecule has 1 aromatic carbocycles. The van der Waals surface area contributed by atoms with Gasteiger partial charge in [-0.25, -0.2) is 9.78 Å². The third kappa shape index (κ3) is 5.03. The van der Waals surface area contributed by atoms with Gasteiger partial charge in [-0.2, -0.15) is 0 Å². The first-order valence-electron chi connectivity index (χ1n) is 13.8. The molecule has 11 heteroatoms. The van der Waals surface area contributed by atoms with Crippen LogP contribution in [0.5, 0.6) is 5.75 Å². The number of nitrogens with zero attached hydrogens (tertiary/aromatic N) is 3. The standard InChI is InChI=1S/C29H33N5O5S/c1-3-23(35)33-12-4-5-18(16-33)31-27(36)26-25-24-22(8-11-30-28(24)40-26)34(29(37)32-25)21-7-6-20(15-17(21)2)39-19-9-13-38-14-10-19/h3,6-8,11,15,18-19,25-26H,1,4-5,9-10,12-14,16H2,2H3,(H,31,36)(H,32,37)/t18?,25?,26-/m1/s1. The average molecular weight is 564 g/mol. The number of ether oxygens (including phenoxy) is 2. The highest BCUT2D eigenvalue weighted by molar-refractivity contribution is 8.01. The van der Waals surface area contributed by atoms with E-state index in [1.807, 2.05) is 31.2 Å². The summed E-state index contributed by atoms with van der Waals surface area (Å²) >= 11 is 1.37. The summed E-state index contributed by atoms with van der Waals surface area (Å²) in [5.74, 6) is 0.469. The Bertz CT molecular complexity index is 1350. The number of anilines is 2. The molecule has 5 heterocycles. The molecule has 0 spiro atoms. The summed E-state index contributed by atoms with van der Waals surface area (Å²) in [5, 5.41) is 6.37. The molecule has 0 aliphatic carbocycles. The molecule has 4 aliphatic heterocycles. The SMILES string of the molecule is C=CC(=O)N1CCCC(NC(=O)[C@@H]2Sc3nccc4c3C2NC(=O)N4c2ccc(OC3CCOCC3)cc2C)C1. The summed E-state index contributed by atoms with van der Waals surface area (Å²) in [5.41, 5.74) is 3.22. The van der Waals surface area contributed by atoms with E-state index in [0.717, 1.165) is 59.0 Å². The van der Waals surface area contributed by atoms with Gasteiger partial charge in [-0.3, -0.25) is 14.5 Å². The molecule has 2 saturated heterocycles. The number of carbonyl (C=O) groups excluding carboxylic acids is 3. The van der Waals surface area contributed by atoms with Crippen LogP contribution in [-0.2, 0) is 14.3 Å². The molecular weight excluding hydrogens is 530 g/mol. The van der Waals surface area contributed by atoms with E-state index < -0.39 is 11.3 Å². The number of aromatic nitrogens is 1. The van der Waals surface area contributed by atoms with Gasteiger partial charge < -0.3 is 25.0 Å². The van der Waals surface area contributed by atoms with Gasteiger partial charge in [0.15, 0.2) is 0 Å². The maximum Gasteiger partial charge on any atom is 0.327 e. The number of hydrogen-bond acceptors (Lipinski definition) is 7. The number of amides is 4. The van der Waals surface area contributed by atoms with Crippen molar-refractivity contribution in [2.24, 2.45) is 0 Å². The van der Waals surface area contributed by atoms with Crippen molar-refractivity contribution in [1.82, 2.24) is 20.5 Å². The predicted molar refractivity (Wildman–Crippen MR) is 151 cm³/mol. The Morgan fingerprint density at radius 1 is 1.23 bits per heavy atom. The number of pyridine rings is 1. The van der Waals surface area contributed by atoms with Gasteiger partial charge in [0.2, 0.25) is 11.8 Å². The van der Waals surface area contributed by atoms with Crippen molar-refractivity contribution in [3.63, 3.8) is 0 Å². The lowest BCUT2D eigenvalue weighted by Crippen LogP contribution is -2.53. The zero-order valence-electron chi connectivity index (χ0n) is 22.4. The minimum Gasteiger partial charge on any atom is -0.490 e. The van der Waals surface area contributed by atoms with Crippen molar-refractivity contribution in [3.05, 3.63) is 54.2 Å². The summed E-state index contributed by atoms with van der Waals surface area (Å²) < 4.78 is 11.6. The highest BCUT2D eigenvalue weighted by Gasteiger charge is 2.47. The number of rotatable bonds is 6. The number of carbonyl (C=O) groups is 3. The Hall–Kier alpha value is -3.57. The molecule has 4 amide bonds. The lowest BCUT2D eigenvalue weighted by Gasteiger charge is -2.36. The second-order valence-electron chi connectivity index (χ2n) is 10.6. The van der Waals surface area contributed by atoms with E-state index in [1.165, 1.54) is 17.8 Å². The first kappa shape index (κ1) is 26.6. The lowest BCUT2D eigenvalue weighted by molar-refractivity contribution is -0.129. The molecule has 2 fully saturated rings.